The number of hydrogen-bond donors (Lipinski definition) is 1. The SMILES string of the molecule is COP(=O)(OC)N1CCN(c2cc3c(c(C)c2F)c(=O)c(C(=O)O)cn3C2CC2)CC1C. The van der Waals surface area contributed by atoms with E-state index in [4.69, 9.17) is 9.05 Å². The summed E-state index contributed by atoms with van der Waals surface area (Å²) in [5, 5.41) is 9.57. The van der Waals surface area contributed by atoms with Crippen molar-refractivity contribution in [2.75, 3.05) is 38.8 Å². The van der Waals surface area contributed by atoms with Crippen LogP contribution >= 0.6 is 7.75 Å². The first-order chi connectivity index (χ1) is 15.1. The fourth-order valence-corrected chi connectivity index (χ4v) is 5.96. The van der Waals surface area contributed by atoms with Crippen LogP contribution in [0, 0.1) is 12.7 Å². The van der Waals surface area contributed by atoms with Gasteiger partial charge in [0.05, 0.1) is 16.6 Å². The van der Waals surface area contributed by atoms with Gasteiger partial charge in [-0.3, -0.25) is 13.8 Å². The summed E-state index contributed by atoms with van der Waals surface area (Å²) < 4.78 is 42.0. The predicted molar refractivity (Wildman–Crippen MR) is 118 cm³/mol. The van der Waals surface area contributed by atoms with Gasteiger partial charge in [0.25, 0.3) is 0 Å². The average Bonchev–Trinajstić information content (AvgIpc) is 3.60. The summed E-state index contributed by atoms with van der Waals surface area (Å²) >= 11 is 0. The quantitative estimate of drug-likeness (QED) is 0.646. The van der Waals surface area contributed by atoms with Gasteiger partial charge in [-0.1, -0.05) is 0 Å². The molecule has 0 bridgehead atoms. The van der Waals surface area contributed by atoms with E-state index in [0.717, 1.165) is 12.8 Å². The Labute approximate surface area is 184 Å². The maximum atomic E-state index is 15.5. The van der Waals surface area contributed by atoms with E-state index in [1.807, 2.05) is 11.8 Å². The second kappa shape index (κ2) is 8.26. The summed E-state index contributed by atoms with van der Waals surface area (Å²) in [7, 11) is -0.750. The molecule has 1 aliphatic heterocycles. The van der Waals surface area contributed by atoms with Crippen LogP contribution in [0.15, 0.2) is 17.1 Å². The molecule has 1 N–H and O–H groups in total. The Morgan fingerprint density at radius 1 is 1.25 bits per heavy atom. The molecule has 32 heavy (non-hydrogen) atoms. The van der Waals surface area contributed by atoms with Crippen LogP contribution in [0.3, 0.4) is 0 Å². The standard InChI is InChI=1S/C21H27FN3O6P/c1-12-10-23(7-8-25(12)32(29,30-3)31-4)17-9-16-18(13(2)19(17)22)20(26)15(21(27)28)11-24(16)14-5-6-14/h9,11-12,14H,5-8,10H2,1-4H3,(H,27,28). The molecule has 2 aromatic rings. The summed E-state index contributed by atoms with van der Waals surface area (Å²) in [6.45, 7) is 4.46. The smallest absolute Gasteiger partial charge is 0.407 e. The molecule has 1 saturated carbocycles. The van der Waals surface area contributed by atoms with Crippen LogP contribution in [0.25, 0.3) is 10.9 Å². The Morgan fingerprint density at radius 2 is 1.91 bits per heavy atom. The lowest BCUT2D eigenvalue weighted by molar-refractivity contribution is 0.0694. The van der Waals surface area contributed by atoms with Crippen LogP contribution in [0.2, 0.25) is 0 Å². The number of carboxylic acids is 1. The van der Waals surface area contributed by atoms with Crippen molar-refractivity contribution in [3.8, 4) is 0 Å². The molecule has 1 aliphatic carbocycles. The monoisotopic (exact) mass is 467 g/mol. The van der Waals surface area contributed by atoms with Gasteiger partial charge in [0.1, 0.15) is 11.4 Å². The topological polar surface area (TPSA) is 101 Å². The van der Waals surface area contributed by atoms with E-state index in [0.29, 0.717) is 30.8 Å². The Hall–Kier alpha value is -2.26. The van der Waals surface area contributed by atoms with E-state index < -0.39 is 25.0 Å². The minimum atomic E-state index is -3.41. The Morgan fingerprint density at radius 3 is 2.44 bits per heavy atom. The molecule has 0 spiro atoms. The van der Waals surface area contributed by atoms with Gasteiger partial charge in [0.2, 0.25) is 5.43 Å². The molecule has 0 radical (unpaired) electrons. The van der Waals surface area contributed by atoms with Crippen molar-refractivity contribution in [3.05, 3.63) is 39.4 Å². The third-order valence-corrected chi connectivity index (χ3v) is 8.50. The molecule has 0 amide bonds. The molecular formula is C21H27FN3O6P. The third kappa shape index (κ3) is 3.65. The van der Waals surface area contributed by atoms with Crippen molar-refractivity contribution in [1.82, 2.24) is 9.24 Å². The van der Waals surface area contributed by atoms with E-state index in [2.05, 4.69) is 0 Å². The fraction of sp³-hybridized carbons (Fsp3) is 0.524. The van der Waals surface area contributed by atoms with Crippen molar-refractivity contribution in [2.45, 2.75) is 38.8 Å². The highest BCUT2D eigenvalue weighted by Crippen LogP contribution is 2.52. The highest BCUT2D eigenvalue weighted by Gasteiger charge is 2.39. The minimum Gasteiger partial charge on any atom is -0.477 e. The number of pyridine rings is 1. The maximum Gasteiger partial charge on any atom is 0.407 e. The van der Waals surface area contributed by atoms with E-state index in [1.165, 1.54) is 27.3 Å². The highest BCUT2D eigenvalue weighted by molar-refractivity contribution is 7.51. The number of nitrogens with zero attached hydrogens (tertiary/aromatic N) is 3. The molecule has 2 fully saturated rings. The number of aryl methyl sites for hydroxylation is 1. The zero-order valence-electron chi connectivity index (χ0n) is 18.5. The number of fused-ring (bicyclic) bond motifs is 1. The number of carbonyl (C=O) groups is 1. The van der Waals surface area contributed by atoms with E-state index >= 15 is 4.39 Å². The van der Waals surface area contributed by atoms with Crippen LogP contribution in [0.4, 0.5) is 10.1 Å². The number of hydrogen-bond acceptors (Lipinski definition) is 6. The van der Waals surface area contributed by atoms with Gasteiger partial charge in [0.15, 0.2) is 0 Å². The highest BCUT2D eigenvalue weighted by atomic mass is 31.2. The number of halogens is 1. The van der Waals surface area contributed by atoms with Crippen LogP contribution < -0.4 is 10.3 Å². The van der Waals surface area contributed by atoms with Gasteiger partial charge >= 0.3 is 13.7 Å². The Balaban J connectivity index is 1.80. The van der Waals surface area contributed by atoms with Gasteiger partial charge in [-0.2, -0.15) is 0 Å². The molecule has 11 heteroatoms. The zero-order valence-corrected chi connectivity index (χ0v) is 19.4. The lowest BCUT2D eigenvalue weighted by atomic mass is 10.0. The van der Waals surface area contributed by atoms with Crippen molar-refractivity contribution in [3.63, 3.8) is 0 Å². The number of carboxylic acid groups (broad SMARTS) is 1. The van der Waals surface area contributed by atoms with Gasteiger partial charge in [-0.05, 0) is 32.8 Å². The molecule has 1 atom stereocenters. The molecule has 1 aromatic heterocycles. The summed E-state index contributed by atoms with van der Waals surface area (Å²) in [6.07, 6.45) is 3.13. The summed E-state index contributed by atoms with van der Waals surface area (Å²) in [5.41, 5.74) is -0.0213. The number of piperazine rings is 1. The molecule has 9 nitrogen and oxygen atoms in total. The van der Waals surface area contributed by atoms with Crippen molar-refractivity contribution in [1.29, 1.82) is 0 Å². The number of anilines is 1. The fourth-order valence-electron chi connectivity index (χ4n) is 4.50. The largest absolute Gasteiger partial charge is 0.477 e. The van der Waals surface area contributed by atoms with Crippen molar-refractivity contribution < 1.29 is 27.9 Å². The van der Waals surface area contributed by atoms with Gasteiger partial charge < -0.3 is 14.6 Å². The molecule has 1 saturated heterocycles. The summed E-state index contributed by atoms with van der Waals surface area (Å²) in [4.78, 5) is 26.3. The minimum absolute atomic E-state index is 0.0963. The summed E-state index contributed by atoms with van der Waals surface area (Å²) in [6, 6.07) is 1.49. The number of rotatable bonds is 6. The van der Waals surface area contributed by atoms with Crippen molar-refractivity contribution >= 4 is 30.3 Å². The lowest BCUT2D eigenvalue weighted by Crippen LogP contribution is -2.51. The Bertz CT molecular complexity index is 1190. The van der Waals surface area contributed by atoms with Crippen LogP contribution in [0.5, 0.6) is 0 Å². The van der Waals surface area contributed by atoms with Crippen LogP contribution in [-0.4, -0.2) is 60.2 Å². The number of aromatic nitrogens is 1. The van der Waals surface area contributed by atoms with Crippen molar-refractivity contribution in [2.24, 2.45) is 0 Å². The lowest BCUT2D eigenvalue weighted by Gasteiger charge is -2.42. The molecule has 1 unspecified atom stereocenters. The first-order valence-electron chi connectivity index (χ1n) is 10.5. The zero-order chi connectivity index (χ0) is 23.4. The molecule has 1 aromatic carbocycles. The molecular weight excluding hydrogens is 440 g/mol. The second-order valence-electron chi connectivity index (χ2n) is 8.34. The van der Waals surface area contributed by atoms with Crippen LogP contribution in [-0.2, 0) is 13.6 Å². The van der Waals surface area contributed by atoms with E-state index in [9.17, 15) is 19.3 Å². The first-order valence-corrected chi connectivity index (χ1v) is 12.0. The third-order valence-electron chi connectivity index (χ3n) is 6.36. The predicted octanol–water partition coefficient (Wildman–Crippen LogP) is 3.39. The maximum absolute atomic E-state index is 15.5. The Kier molecular flexibility index (Phi) is 5.92. The van der Waals surface area contributed by atoms with Gasteiger partial charge in [-0.25, -0.2) is 18.4 Å². The van der Waals surface area contributed by atoms with E-state index in [-0.39, 0.29) is 28.6 Å². The molecule has 2 heterocycles. The molecule has 4 rings (SSSR count). The van der Waals surface area contributed by atoms with Crippen LogP contribution in [0.1, 0.15) is 41.7 Å². The van der Waals surface area contributed by atoms with Gasteiger partial charge in [-0.15, -0.1) is 0 Å². The molecule has 174 valence electrons. The average molecular weight is 467 g/mol. The number of benzene rings is 1. The van der Waals surface area contributed by atoms with Gasteiger partial charge in [0, 0.05) is 57.7 Å². The first kappa shape index (κ1) is 22.9. The molecule has 2 aliphatic rings. The normalized spacial score (nSPS) is 20.2. The summed E-state index contributed by atoms with van der Waals surface area (Å²) in [5.74, 6) is -1.87. The number of aromatic carboxylic acids is 1. The second-order valence-corrected chi connectivity index (χ2v) is 10.5. The van der Waals surface area contributed by atoms with E-state index in [1.54, 1.807) is 15.3 Å².